The third-order valence-electron chi connectivity index (χ3n) is 3.25. The molecule has 0 fully saturated rings. The molecule has 5 nitrogen and oxygen atoms in total. The molecule has 0 heterocycles. The molecule has 0 saturated heterocycles. The molecular weight excluding hydrogens is 380 g/mol. The van der Waals surface area contributed by atoms with Gasteiger partial charge in [-0.3, -0.25) is 9.10 Å². The van der Waals surface area contributed by atoms with Crippen molar-refractivity contribution in [2.75, 3.05) is 22.4 Å². The topological polar surface area (TPSA) is 66.5 Å². The largest absolute Gasteiger partial charge is 0.326 e. The second-order valence-corrected chi connectivity index (χ2v) is 7.96. The van der Waals surface area contributed by atoms with Crippen LogP contribution in [0.5, 0.6) is 0 Å². The summed E-state index contributed by atoms with van der Waals surface area (Å²) in [5.74, 6) is -0.585. The van der Waals surface area contributed by atoms with Crippen LogP contribution in [0.15, 0.2) is 59.1 Å². The molecular formula is C16H17BrN2O3S. The molecule has 0 unspecified atom stereocenters. The number of halogens is 1. The van der Waals surface area contributed by atoms with Gasteiger partial charge >= 0.3 is 0 Å². The van der Waals surface area contributed by atoms with E-state index < -0.39 is 10.0 Å². The highest BCUT2D eigenvalue weighted by Crippen LogP contribution is 2.17. The molecule has 2 aromatic carbocycles. The van der Waals surface area contributed by atoms with Crippen molar-refractivity contribution in [2.45, 2.75) is 6.42 Å². The molecule has 0 aliphatic heterocycles. The maximum absolute atomic E-state index is 12.3. The highest BCUT2D eigenvalue weighted by molar-refractivity contribution is 9.10. The Balaban J connectivity index is 1.93. The lowest BCUT2D eigenvalue weighted by molar-refractivity contribution is -0.115. The molecule has 0 bridgehead atoms. The van der Waals surface area contributed by atoms with E-state index in [9.17, 15) is 13.2 Å². The third kappa shape index (κ3) is 5.07. The lowest BCUT2D eigenvalue weighted by Crippen LogP contribution is -2.30. The van der Waals surface area contributed by atoms with E-state index in [0.29, 0.717) is 11.4 Å². The number of rotatable bonds is 6. The van der Waals surface area contributed by atoms with E-state index in [4.69, 9.17) is 0 Å². The van der Waals surface area contributed by atoms with Gasteiger partial charge in [0, 0.05) is 23.6 Å². The number of benzene rings is 2. The van der Waals surface area contributed by atoms with Crippen LogP contribution in [0.2, 0.25) is 0 Å². The van der Waals surface area contributed by atoms with Crippen molar-refractivity contribution in [1.29, 1.82) is 0 Å². The number of para-hydroxylation sites is 1. The van der Waals surface area contributed by atoms with E-state index in [-0.39, 0.29) is 18.1 Å². The number of sulfonamides is 1. The maximum atomic E-state index is 12.3. The van der Waals surface area contributed by atoms with Gasteiger partial charge in [-0.2, -0.15) is 0 Å². The van der Waals surface area contributed by atoms with Crippen molar-refractivity contribution in [3.8, 4) is 0 Å². The SMILES string of the molecule is CN(c1ccccc1)S(=O)(=O)CCC(=O)Nc1ccc(Br)cc1. The zero-order valence-corrected chi connectivity index (χ0v) is 15.0. The Bertz CT molecular complexity index is 762. The Morgan fingerprint density at radius 2 is 1.70 bits per heavy atom. The Kier molecular flexibility index (Phi) is 5.79. The zero-order valence-electron chi connectivity index (χ0n) is 12.6. The van der Waals surface area contributed by atoms with Gasteiger partial charge in [0.25, 0.3) is 0 Å². The Hall–Kier alpha value is -1.86. The highest BCUT2D eigenvalue weighted by Gasteiger charge is 2.19. The van der Waals surface area contributed by atoms with Crippen molar-refractivity contribution >= 4 is 43.2 Å². The van der Waals surface area contributed by atoms with Crippen molar-refractivity contribution in [3.63, 3.8) is 0 Å². The first-order chi connectivity index (χ1) is 10.9. The van der Waals surface area contributed by atoms with Crippen LogP contribution in [0.3, 0.4) is 0 Å². The molecule has 1 N–H and O–H groups in total. The van der Waals surface area contributed by atoms with Crippen molar-refractivity contribution in [2.24, 2.45) is 0 Å². The number of hydrogen-bond acceptors (Lipinski definition) is 3. The van der Waals surface area contributed by atoms with E-state index in [0.717, 1.165) is 4.47 Å². The lowest BCUT2D eigenvalue weighted by atomic mass is 10.3. The first-order valence-corrected chi connectivity index (χ1v) is 9.36. The minimum Gasteiger partial charge on any atom is -0.326 e. The summed E-state index contributed by atoms with van der Waals surface area (Å²) in [6.07, 6.45) is -0.102. The number of nitrogens with zero attached hydrogens (tertiary/aromatic N) is 1. The maximum Gasteiger partial charge on any atom is 0.235 e. The van der Waals surface area contributed by atoms with Gasteiger partial charge in [0.2, 0.25) is 15.9 Å². The van der Waals surface area contributed by atoms with Crippen LogP contribution in [-0.2, 0) is 14.8 Å². The summed E-state index contributed by atoms with van der Waals surface area (Å²) in [6, 6.07) is 15.8. The molecule has 23 heavy (non-hydrogen) atoms. The summed E-state index contributed by atoms with van der Waals surface area (Å²) < 4.78 is 26.6. The molecule has 0 radical (unpaired) electrons. The van der Waals surface area contributed by atoms with Crippen LogP contribution in [0.4, 0.5) is 11.4 Å². The van der Waals surface area contributed by atoms with Crippen LogP contribution in [0.1, 0.15) is 6.42 Å². The highest BCUT2D eigenvalue weighted by atomic mass is 79.9. The summed E-state index contributed by atoms with van der Waals surface area (Å²) in [7, 11) is -2.06. The van der Waals surface area contributed by atoms with Gasteiger partial charge < -0.3 is 5.32 Å². The van der Waals surface area contributed by atoms with Gasteiger partial charge in [0.15, 0.2) is 0 Å². The minimum atomic E-state index is -3.54. The summed E-state index contributed by atoms with van der Waals surface area (Å²) in [6.45, 7) is 0. The summed E-state index contributed by atoms with van der Waals surface area (Å²) in [5, 5.41) is 2.68. The summed E-state index contributed by atoms with van der Waals surface area (Å²) >= 11 is 3.31. The van der Waals surface area contributed by atoms with E-state index in [1.807, 2.05) is 6.07 Å². The average Bonchev–Trinajstić information content (AvgIpc) is 2.55. The summed E-state index contributed by atoms with van der Waals surface area (Å²) in [4.78, 5) is 11.9. The number of hydrogen-bond donors (Lipinski definition) is 1. The molecule has 2 rings (SSSR count). The fourth-order valence-electron chi connectivity index (χ4n) is 1.91. The van der Waals surface area contributed by atoms with Crippen molar-refractivity contribution in [3.05, 3.63) is 59.1 Å². The fraction of sp³-hybridized carbons (Fsp3) is 0.188. The molecule has 1 amide bonds. The van der Waals surface area contributed by atoms with Crippen molar-refractivity contribution in [1.82, 2.24) is 0 Å². The molecule has 0 saturated carbocycles. The number of carbonyl (C=O) groups excluding carboxylic acids is 1. The van der Waals surface area contributed by atoms with Crippen molar-refractivity contribution < 1.29 is 13.2 Å². The lowest BCUT2D eigenvalue weighted by Gasteiger charge is -2.19. The van der Waals surface area contributed by atoms with E-state index in [2.05, 4.69) is 21.2 Å². The number of nitrogens with one attached hydrogen (secondary N) is 1. The first kappa shape index (κ1) is 17.5. The van der Waals surface area contributed by atoms with Crippen LogP contribution in [0.25, 0.3) is 0 Å². The molecule has 0 aliphatic rings. The Morgan fingerprint density at radius 3 is 2.30 bits per heavy atom. The van der Waals surface area contributed by atoms with Gasteiger partial charge in [-0.25, -0.2) is 8.42 Å². The van der Waals surface area contributed by atoms with Crippen LogP contribution in [0, 0.1) is 0 Å². The van der Waals surface area contributed by atoms with Crippen LogP contribution < -0.4 is 9.62 Å². The normalized spacial score (nSPS) is 11.0. The second kappa shape index (κ2) is 7.61. The molecule has 7 heteroatoms. The third-order valence-corrected chi connectivity index (χ3v) is 5.55. The van der Waals surface area contributed by atoms with Gasteiger partial charge in [0.05, 0.1) is 11.4 Å². The van der Waals surface area contributed by atoms with Gasteiger partial charge in [-0.1, -0.05) is 34.1 Å². The van der Waals surface area contributed by atoms with Gasteiger partial charge in [0.1, 0.15) is 0 Å². The number of amides is 1. The van der Waals surface area contributed by atoms with Gasteiger partial charge in [-0.05, 0) is 36.4 Å². The van der Waals surface area contributed by atoms with E-state index in [1.165, 1.54) is 11.4 Å². The van der Waals surface area contributed by atoms with Crippen LogP contribution in [-0.4, -0.2) is 27.1 Å². The predicted molar refractivity (Wildman–Crippen MR) is 96.0 cm³/mol. The quantitative estimate of drug-likeness (QED) is 0.814. The first-order valence-electron chi connectivity index (χ1n) is 6.95. The monoisotopic (exact) mass is 396 g/mol. The second-order valence-electron chi connectivity index (χ2n) is 4.92. The number of carbonyl (C=O) groups is 1. The Labute approximate surface area is 144 Å². The van der Waals surface area contributed by atoms with E-state index in [1.54, 1.807) is 48.5 Å². The standard InChI is InChI=1S/C16H17BrN2O3S/c1-19(15-5-3-2-4-6-15)23(21,22)12-11-16(20)18-14-9-7-13(17)8-10-14/h2-10H,11-12H2,1H3,(H,18,20). The fourth-order valence-corrected chi connectivity index (χ4v) is 3.34. The Morgan fingerprint density at radius 1 is 1.09 bits per heavy atom. The molecule has 0 aliphatic carbocycles. The van der Waals surface area contributed by atoms with Crippen LogP contribution >= 0.6 is 15.9 Å². The minimum absolute atomic E-state index is 0.102. The average molecular weight is 397 g/mol. The molecule has 0 aromatic heterocycles. The molecule has 0 atom stereocenters. The number of anilines is 2. The zero-order chi connectivity index (χ0) is 16.9. The molecule has 0 spiro atoms. The predicted octanol–water partition coefficient (Wildman–Crippen LogP) is 3.24. The van der Waals surface area contributed by atoms with E-state index >= 15 is 0 Å². The van der Waals surface area contributed by atoms with Gasteiger partial charge in [-0.15, -0.1) is 0 Å². The smallest absolute Gasteiger partial charge is 0.235 e. The molecule has 122 valence electrons. The molecule has 2 aromatic rings. The summed E-state index contributed by atoms with van der Waals surface area (Å²) in [5.41, 5.74) is 1.20.